The fourth-order valence-corrected chi connectivity index (χ4v) is 3.24. The summed E-state index contributed by atoms with van der Waals surface area (Å²) in [4.78, 5) is 16.9. The van der Waals surface area contributed by atoms with Crippen LogP contribution in [0.3, 0.4) is 0 Å². The molecule has 2 heterocycles. The molecule has 0 unspecified atom stereocenters. The first kappa shape index (κ1) is 17.9. The van der Waals surface area contributed by atoms with E-state index in [-0.39, 0.29) is 5.78 Å². The third kappa shape index (κ3) is 4.24. The molecular weight excluding hydrogens is 370 g/mol. The van der Waals surface area contributed by atoms with Crippen molar-refractivity contribution >= 4 is 23.2 Å². The summed E-state index contributed by atoms with van der Waals surface area (Å²) in [5, 5.41) is 6.18. The van der Waals surface area contributed by atoms with Crippen molar-refractivity contribution in [1.29, 1.82) is 0 Å². The summed E-state index contributed by atoms with van der Waals surface area (Å²) in [5.74, 6) is 0.690. The molecule has 0 amide bonds. The van der Waals surface area contributed by atoms with Crippen LogP contribution >= 0.6 is 11.3 Å². The molecule has 0 N–H and O–H groups in total. The van der Waals surface area contributed by atoms with E-state index in [0.29, 0.717) is 12.2 Å². The molecule has 2 aromatic carbocycles. The standard InChI is InChI=1S/C22H17N3O2S/c26-22(20-4-1-2-5-21(20)25-13-3-12-24-25)11-8-17-6-9-19(10-7-17)27-14-18-15-28-16-23-18/h1-13,15-16H,14H2/b11-8+. The number of hydrogen-bond acceptors (Lipinski definition) is 5. The van der Waals surface area contributed by atoms with E-state index in [1.165, 1.54) is 0 Å². The van der Waals surface area contributed by atoms with Gasteiger partial charge in [-0.2, -0.15) is 5.10 Å². The fourth-order valence-electron chi connectivity index (χ4n) is 2.70. The molecule has 0 aliphatic heterocycles. The van der Waals surface area contributed by atoms with Gasteiger partial charge in [0.15, 0.2) is 5.78 Å². The zero-order valence-electron chi connectivity index (χ0n) is 14.9. The lowest BCUT2D eigenvalue weighted by molar-refractivity contribution is 0.104. The molecule has 28 heavy (non-hydrogen) atoms. The molecule has 6 heteroatoms. The SMILES string of the molecule is O=C(/C=C/c1ccc(OCc2cscn2)cc1)c1ccccc1-n1cccn1. The van der Waals surface area contributed by atoms with Gasteiger partial charge in [-0.3, -0.25) is 4.79 Å². The molecule has 4 aromatic rings. The summed E-state index contributed by atoms with van der Waals surface area (Å²) in [5.41, 5.74) is 4.98. The number of carbonyl (C=O) groups is 1. The lowest BCUT2D eigenvalue weighted by atomic mass is 10.1. The largest absolute Gasteiger partial charge is 0.487 e. The molecule has 0 saturated heterocycles. The molecule has 0 bridgehead atoms. The Morgan fingerprint density at radius 1 is 1.11 bits per heavy atom. The number of para-hydroxylation sites is 1. The third-order valence-corrected chi connectivity index (χ3v) is 4.73. The van der Waals surface area contributed by atoms with Crippen molar-refractivity contribution in [2.75, 3.05) is 0 Å². The van der Waals surface area contributed by atoms with Gasteiger partial charge in [-0.15, -0.1) is 11.3 Å². The summed E-state index contributed by atoms with van der Waals surface area (Å²) >= 11 is 1.55. The van der Waals surface area contributed by atoms with Crippen LogP contribution in [0.5, 0.6) is 5.75 Å². The maximum absolute atomic E-state index is 12.7. The predicted molar refractivity (Wildman–Crippen MR) is 110 cm³/mol. The second-order valence-corrected chi connectivity index (χ2v) is 6.72. The maximum Gasteiger partial charge on any atom is 0.188 e. The normalized spacial score (nSPS) is 11.0. The Balaban J connectivity index is 1.44. The van der Waals surface area contributed by atoms with Gasteiger partial charge in [-0.25, -0.2) is 9.67 Å². The van der Waals surface area contributed by atoms with Gasteiger partial charge < -0.3 is 4.74 Å². The summed E-state index contributed by atoms with van der Waals surface area (Å²) in [6, 6.07) is 16.8. The van der Waals surface area contributed by atoms with E-state index in [1.807, 2.05) is 60.1 Å². The van der Waals surface area contributed by atoms with Crippen molar-refractivity contribution in [1.82, 2.24) is 14.8 Å². The van der Waals surface area contributed by atoms with Crippen molar-refractivity contribution in [3.8, 4) is 11.4 Å². The number of aromatic nitrogens is 3. The number of nitrogens with zero attached hydrogens (tertiary/aromatic N) is 3. The zero-order chi connectivity index (χ0) is 19.2. The number of ether oxygens (including phenoxy) is 1. The highest BCUT2D eigenvalue weighted by Gasteiger charge is 2.09. The molecule has 0 radical (unpaired) electrons. The number of ketones is 1. The summed E-state index contributed by atoms with van der Waals surface area (Å²) in [6.45, 7) is 0.446. The van der Waals surface area contributed by atoms with E-state index in [0.717, 1.165) is 22.7 Å². The first-order chi connectivity index (χ1) is 13.8. The van der Waals surface area contributed by atoms with Gasteiger partial charge in [0.25, 0.3) is 0 Å². The van der Waals surface area contributed by atoms with Gasteiger partial charge in [-0.1, -0.05) is 30.3 Å². The Hall–Kier alpha value is -3.51. The van der Waals surface area contributed by atoms with Crippen LogP contribution in [0.2, 0.25) is 0 Å². The van der Waals surface area contributed by atoms with Gasteiger partial charge >= 0.3 is 0 Å². The monoisotopic (exact) mass is 387 g/mol. The molecule has 0 atom stereocenters. The number of carbonyl (C=O) groups excluding carboxylic acids is 1. The molecular formula is C22H17N3O2S. The van der Waals surface area contributed by atoms with Gasteiger partial charge in [0.05, 0.1) is 16.9 Å². The van der Waals surface area contributed by atoms with Crippen LogP contribution in [-0.4, -0.2) is 20.5 Å². The number of allylic oxidation sites excluding steroid dienone is 1. The Labute approximate surface area is 166 Å². The van der Waals surface area contributed by atoms with E-state index in [1.54, 1.807) is 45.9 Å². The van der Waals surface area contributed by atoms with Crippen molar-refractivity contribution in [2.24, 2.45) is 0 Å². The first-order valence-corrected chi connectivity index (χ1v) is 9.65. The van der Waals surface area contributed by atoms with Crippen LogP contribution in [-0.2, 0) is 6.61 Å². The van der Waals surface area contributed by atoms with E-state index in [2.05, 4.69) is 10.1 Å². The second-order valence-electron chi connectivity index (χ2n) is 6.00. The van der Waals surface area contributed by atoms with E-state index in [4.69, 9.17) is 4.74 Å². The van der Waals surface area contributed by atoms with Crippen LogP contribution in [0.4, 0.5) is 0 Å². The second kappa shape index (κ2) is 8.45. The third-order valence-electron chi connectivity index (χ3n) is 4.10. The molecule has 5 nitrogen and oxygen atoms in total. The highest BCUT2D eigenvalue weighted by molar-refractivity contribution is 7.07. The molecule has 138 valence electrons. The van der Waals surface area contributed by atoms with Crippen LogP contribution in [0.15, 0.2) is 84.0 Å². The summed E-state index contributed by atoms with van der Waals surface area (Å²) in [6.07, 6.45) is 6.88. The van der Waals surface area contributed by atoms with E-state index < -0.39 is 0 Å². The highest BCUT2D eigenvalue weighted by Crippen LogP contribution is 2.17. The number of hydrogen-bond donors (Lipinski definition) is 0. The minimum atomic E-state index is -0.0741. The van der Waals surface area contributed by atoms with Gasteiger partial charge in [0.2, 0.25) is 0 Å². The summed E-state index contributed by atoms with van der Waals surface area (Å²) < 4.78 is 7.39. The zero-order valence-corrected chi connectivity index (χ0v) is 15.8. The Kier molecular flexibility index (Phi) is 5.40. The van der Waals surface area contributed by atoms with Crippen molar-refractivity contribution in [3.05, 3.63) is 101 Å². The summed E-state index contributed by atoms with van der Waals surface area (Å²) in [7, 11) is 0. The minimum absolute atomic E-state index is 0.0741. The smallest absolute Gasteiger partial charge is 0.188 e. The number of benzene rings is 2. The quantitative estimate of drug-likeness (QED) is 0.337. The van der Waals surface area contributed by atoms with Crippen LogP contribution in [0.1, 0.15) is 21.6 Å². The van der Waals surface area contributed by atoms with E-state index >= 15 is 0 Å². The molecule has 2 aromatic heterocycles. The lowest BCUT2D eigenvalue weighted by Crippen LogP contribution is -2.04. The molecule has 0 aliphatic carbocycles. The van der Waals surface area contributed by atoms with E-state index in [9.17, 15) is 4.79 Å². The Morgan fingerprint density at radius 3 is 2.71 bits per heavy atom. The van der Waals surface area contributed by atoms with Crippen molar-refractivity contribution < 1.29 is 9.53 Å². The first-order valence-electron chi connectivity index (χ1n) is 8.71. The fraction of sp³-hybridized carbons (Fsp3) is 0.0455. The topological polar surface area (TPSA) is 57.0 Å². The average molecular weight is 387 g/mol. The predicted octanol–water partition coefficient (Wildman–Crippen LogP) is 4.80. The maximum atomic E-state index is 12.7. The Bertz CT molecular complexity index is 1070. The molecule has 4 rings (SSSR count). The van der Waals surface area contributed by atoms with Crippen LogP contribution < -0.4 is 4.74 Å². The van der Waals surface area contributed by atoms with Gasteiger partial charge in [0.1, 0.15) is 12.4 Å². The van der Waals surface area contributed by atoms with Crippen LogP contribution in [0.25, 0.3) is 11.8 Å². The molecule has 0 fully saturated rings. The lowest BCUT2D eigenvalue weighted by Gasteiger charge is -2.06. The van der Waals surface area contributed by atoms with Gasteiger partial charge in [0, 0.05) is 23.3 Å². The van der Waals surface area contributed by atoms with Gasteiger partial charge in [-0.05, 0) is 42.0 Å². The molecule has 0 aliphatic rings. The number of rotatable bonds is 7. The number of thiazole rings is 1. The van der Waals surface area contributed by atoms with Crippen LogP contribution in [0, 0.1) is 0 Å². The molecule has 0 spiro atoms. The Morgan fingerprint density at radius 2 is 1.96 bits per heavy atom. The molecule has 0 saturated carbocycles. The van der Waals surface area contributed by atoms with Crippen molar-refractivity contribution in [3.63, 3.8) is 0 Å². The highest BCUT2D eigenvalue weighted by atomic mass is 32.1. The minimum Gasteiger partial charge on any atom is -0.487 e. The van der Waals surface area contributed by atoms with Crippen molar-refractivity contribution in [2.45, 2.75) is 6.61 Å². The average Bonchev–Trinajstić information content (AvgIpc) is 3.45.